The van der Waals surface area contributed by atoms with E-state index < -0.39 is 5.82 Å². The van der Waals surface area contributed by atoms with Gasteiger partial charge in [0.05, 0.1) is 6.10 Å². The number of hydrogen-bond acceptors (Lipinski definition) is 3. The Morgan fingerprint density at radius 2 is 2.32 bits per heavy atom. The highest BCUT2D eigenvalue weighted by Crippen LogP contribution is 2.16. The highest BCUT2D eigenvalue weighted by molar-refractivity contribution is 5.77. The SMILES string of the molecule is CN(CC1CCCO1)C(=O)COc1ccccc1F. The van der Waals surface area contributed by atoms with Gasteiger partial charge in [0.25, 0.3) is 5.91 Å². The van der Waals surface area contributed by atoms with Gasteiger partial charge < -0.3 is 14.4 Å². The van der Waals surface area contributed by atoms with Crippen LogP contribution in [0.1, 0.15) is 12.8 Å². The first-order valence-electron chi connectivity index (χ1n) is 6.39. The molecule has 0 aliphatic carbocycles. The zero-order valence-corrected chi connectivity index (χ0v) is 11.0. The second-order valence-electron chi connectivity index (χ2n) is 4.63. The van der Waals surface area contributed by atoms with E-state index in [1.54, 1.807) is 24.1 Å². The molecule has 1 aromatic rings. The maximum atomic E-state index is 13.3. The molecule has 2 rings (SSSR count). The number of carbonyl (C=O) groups excluding carboxylic acids is 1. The number of para-hydroxylation sites is 1. The molecule has 1 aliphatic rings. The molecule has 0 aromatic heterocycles. The van der Waals surface area contributed by atoms with E-state index in [0.717, 1.165) is 19.4 Å². The third-order valence-electron chi connectivity index (χ3n) is 3.12. The van der Waals surface area contributed by atoms with Crippen molar-refractivity contribution in [2.45, 2.75) is 18.9 Å². The summed E-state index contributed by atoms with van der Waals surface area (Å²) in [5, 5.41) is 0. The molecule has 19 heavy (non-hydrogen) atoms. The second-order valence-corrected chi connectivity index (χ2v) is 4.63. The van der Waals surface area contributed by atoms with Crippen LogP contribution in [0.2, 0.25) is 0 Å². The fourth-order valence-corrected chi connectivity index (χ4v) is 2.01. The van der Waals surface area contributed by atoms with Crippen LogP contribution in [0.15, 0.2) is 24.3 Å². The van der Waals surface area contributed by atoms with Gasteiger partial charge in [0, 0.05) is 20.2 Å². The van der Waals surface area contributed by atoms with Crippen LogP contribution in [0.4, 0.5) is 4.39 Å². The lowest BCUT2D eigenvalue weighted by atomic mass is 10.2. The summed E-state index contributed by atoms with van der Waals surface area (Å²) < 4.78 is 23.9. The van der Waals surface area contributed by atoms with Crippen LogP contribution in [0.25, 0.3) is 0 Å². The molecule has 0 radical (unpaired) electrons. The Bertz CT molecular complexity index is 432. The molecule has 0 N–H and O–H groups in total. The fourth-order valence-electron chi connectivity index (χ4n) is 2.01. The molecule has 1 aromatic carbocycles. The second kappa shape index (κ2) is 6.52. The van der Waals surface area contributed by atoms with Crippen LogP contribution in [0, 0.1) is 5.82 Å². The van der Waals surface area contributed by atoms with E-state index in [1.165, 1.54) is 12.1 Å². The van der Waals surface area contributed by atoms with Gasteiger partial charge in [-0.25, -0.2) is 4.39 Å². The third kappa shape index (κ3) is 3.92. The smallest absolute Gasteiger partial charge is 0.260 e. The van der Waals surface area contributed by atoms with Gasteiger partial charge in [-0.05, 0) is 25.0 Å². The molecular weight excluding hydrogens is 249 g/mol. The van der Waals surface area contributed by atoms with Crippen molar-refractivity contribution in [3.63, 3.8) is 0 Å². The standard InChI is InChI=1S/C14H18FNO3/c1-16(9-11-5-4-8-18-11)14(17)10-19-13-7-3-2-6-12(13)15/h2-3,6-7,11H,4-5,8-10H2,1H3. The van der Waals surface area contributed by atoms with E-state index in [2.05, 4.69) is 0 Å². The van der Waals surface area contributed by atoms with E-state index in [9.17, 15) is 9.18 Å². The first-order chi connectivity index (χ1) is 9.16. The molecule has 0 saturated carbocycles. The summed E-state index contributed by atoms with van der Waals surface area (Å²) in [6, 6.07) is 6.05. The van der Waals surface area contributed by atoms with Gasteiger partial charge in [-0.3, -0.25) is 4.79 Å². The van der Waals surface area contributed by atoms with Crippen molar-refractivity contribution in [3.05, 3.63) is 30.1 Å². The molecule has 0 bridgehead atoms. The Morgan fingerprint density at radius 1 is 1.53 bits per heavy atom. The van der Waals surface area contributed by atoms with Crippen LogP contribution in [0.5, 0.6) is 5.75 Å². The molecule has 5 heteroatoms. The van der Waals surface area contributed by atoms with Gasteiger partial charge in [0.15, 0.2) is 18.2 Å². The van der Waals surface area contributed by atoms with Gasteiger partial charge in [-0.2, -0.15) is 0 Å². The van der Waals surface area contributed by atoms with Crippen molar-refractivity contribution >= 4 is 5.91 Å². The number of rotatable bonds is 5. The fraction of sp³-hybridized carbons (Fsp3) is 0.500. The molecule has 1 saturated heterocycles. The first kappa shape index (κ1) is 13.8. The first-order valence-corrected chi connectivity index (χ1v) is 6.39. The topological polar surface area (TPSA) is 38.8 Å². The lowest BCUT2D eigenvalue weighted by molar-refractivity contribution is -0.133. The van der Waals surface area contributed by atoms with Crippen LogP contribution < -0.4 is 4.74 Å². The third-order valence-corrected chi connectivity index (χ3v) is 3.12. The van der Waals surface area contributed by atoms with Crippen molar-refractivity contribution in [1.82, 2.24) is 4.90 Å². The molecular formula is C14H18FNO3. The van der Waals surface area contributed by atoms with Gasteiger partial charge in [-0.15, -0.1) is 0 Å². The van der Waals surface area contributed by atoms with Crippen molar-refractivity contribution in [3.8, 4) is 5.75 Å². The van der Waals surface area contributed by atoms with Gasteiger partial charge in [0.2, 0.25) is 0 Å². The summed E-state index contributed by atoms with van der Waals surface area (Å²) >= 11 is 0. The number of hydrogen-bond donors (Lipinski definition) is 0. The Hall–Kier alpha value is -1.62. The van der Waals surface area contributed by atoms with Crippen LogP contribution in [-0.2, 0) is 9.53 Å². The largest absolute Gasteiger partial charge is 0.481 e. The monoisotopic (exact) mass is 267 g/mol. The summed E-state index contributed by atoms with van der Waals surface area (Å²) in [7, 11) is 1.70. The molecule has 1 unspecified atom stereocenters. The summed E-state index contributed by atoms with van der Waals surface area (Å²) in [6.07, 6.45) is 2.13. The molecule has 1 aliphatic heterocycles. The molecule has 1 fully saturated rings. The predicted octanol–water partition coefficient (Wildman–Crippen LogP) is 1.84. The molecule has 1 heterocycles. The minimum absolute atomic E-state index is 0.0985. The zero-order chi connectivity index (χ0) is 13.7. The highest BCUT2D eigenvalue weighted by Gasteiger charge is 2.20. The van der Waals surface area contributed by atoms with E-state index in [0.29, 0.717) is 6.54 Å². The maximum absolute atomic E-state index is 13.3. The Kier molecular flexibility index (Phi) is 4.74. The minimum Gasteiger partial charge on any atom is -0.481 e. The number of benzene rings is 1. The normalized spacial score (nSPS) is 18.3. The van der Waals surface area contributed by atoms with Gasteiger partial charge >= 0.3 is 0 Å². The lowest BCUT2D eigenvalue weighted by Gasteiger charge is -2.20. The quantitative estimate of drug-likeness (QED) is 0.817. The average Bonchev–Trinajstić information content (AvgIpc) is 2.90. The van der Waals surface area contributed by atoms with E-state index in [-0.39, 0.29) is 24.4 Å². The summed E-state index contributed by atoms with van der Waals surface area (Å²) in [5.74, 6) is -0.544. The number of amides is 1. The predicted molar refractivity (Wildman–Crippen MR) is 68.5 cm³/mol. The maximum Gasteiger partial charge on any atom is 0.260 e. The number of halogens is 1. The Balaban J connectivity index is 1.78. The van der Waals surface area contributed by atoms with Crippen molar-refractivity contribution in [2.24, 2.45) is 0 Å². The van der Waals surface area contributed by atoms with Crippen LogP contribution >= 0.6 is 0 Å². The highest BCUT2D eigenvalue weighted by atomic mass is 19.1. The van der Waals surface area contributed by atoms with Crippen molar-refractivity contribution in [2.75, 3.05) is 26.8 Å². The number of carbonyl (C=O) groups is 1. The Morgan fingerprint density at radius 3 is 3.00 bits per heavy atom. The molecule has 104 valence electrons. The van der Waals surface area contributed by atoms with E-state index in [4.69, 9.17) is 9.47 Å². The van der Waals surface area contributed by atoms with E-state index in [1.807, 2.05) is 0 Å². The molecule has 1 atom stereocenters. The number of likely N-dealkylation sites (N-methyl/N-ethyl adjacent to an activating group) is 1. The molecule has 1 amide bonds. The van der Waals surface area contributed by atoms with Crippen LogP contribution in [0.3, 0.4) is 0 Å². The summed E-state index contributed by atoms with van der Waals surface area (Å²) in [6.45, 7) is 1.15. The Labute approximate surface area is 112 Å². The number of ether oxygens (including phenoxy) is 2. The van der Waals surface area contributed by atoms with E-state index >= 15 is 0 Å². The average molecular weight is 267 g/mol. The number of nitrogens with zero attached hydrogens (tertiary/aromatic N) is 1. The van der Waals surface area contributed by atoms with Crippen molar-refractivity contribution in [1.29, 1.82) is 0 Å². The van der Waals surface area contributed by atoms with Crippen molar-refractivity contribution < 1.29 is 18.7 Å². The molecule has 0 spiro atoms. The van der Waals surface area contributed by atoms with Gasteiger partial charge in [-0.1, -0.05) is 12.1 Å². The minimum atomic E-state index is -0.461. The summed E-state index contributed by atoms with van der Waals surface area (Å²) in [4.78, 5) is 13.4. The molecule has 4 nitrogen and oxygen atoms in total. The zero-order valence-electron chi connectivity index (χ0n) is 11.0. The lowest BCUT2D eigenvalue weighted by Crippen LogP contribution is -2.37. The van der Waals surface area contributed by atoms with Crippen LogP contribution in [-0.4, -0.2) is 43.7 Å². The van der Waals surface area contributed by atoms with Gasteiger partial charge in [0.1, 0.15) is 0 Å². The summed E-state index contributed by atoms with van der Waals surface area (Å²) in [5.41, 5.74) is 0.